The maximum absolute atomic E-state index is 5.95. The number of hydrogen-bond acceptors (Lipinski definition) is 2. The third-order valence-electron chi connectivity index (χ3n) is 2.43. The summed E-state index contributed by atoms with van der Waals surface area (Å²) in [5, 5.41) is 0. The quantitative estimate of drug-likeness (QED) is 0.745. The molecule has 2 heteroatoms. The van der Waals surface area contributed by atoms with Crippen molar-refractivity contribution in [1.82, 2.24) is 0 Å². The van der Waals surface area contributed by atoms with E-state index in [-0.39, 0.29) is 6.04 Å². The highest BCUT2D eigenvalue weighted by Gasteiger charge is 2.11. The lowest BCUT2D eigenvalue weighted by atomic mass is 10.0. The fourth-order valence-corrected chi connectivity index (χ4v) is 1.66. The average molecular weight is 219 g/mol. The maximum atomic E-state index is 5.95. The van der Waals surface area contributed by atoms with E-state index in [1.807, 2.05) is 25.1 Å². The van der Waals surface area contributed by atoms with Crippen molar-refractivity contribution < 1.29 is 4.74 Å². The van der Waals surface area contributed by atoms with Crippen LogP contribution in [0, 0.1) is 0 Å². The average Bonchev–Trinajstić information content (AvgIpc) is 2.27. The first-order valence-electron chi connectivity index (χ1n) is 5.81. The summed E-state index contributed by atoms with van der Waals surface area (Å²) in [5.41, 5.74) is 8.19. The Morgan fingerprint density at radius 1 is 1.50 bits per heavy atom. The van der Waals surface area contributed by atoms with Gasteiger partial charge in [0, 0.05) is 11.6 Å². The molecule has 0 heterocycles. The molecule has 0 bridgehead atoms. The van der Waals surface area contributed by atoms with Crippen LogP contribution < -0.4 is 10.5 Å². The monoisotopic (exact) mass is 219 g/mol. The minimum Gasteiger partial charge on any atom is -0.493 e. The van der Waals surface area contributed by atoms with Gasteiger partial charge in [-0.25, -0.2) is 0 Å². The van der Waals surface area contributed by atoms with Crippen molar-refractivity contribution >= 4 is 0 Å². The van der Waals surface area contributed by atoms with Crippen molar-refractivity contribution in [2.75, 3.05) is 6.61 Å². The second-order valence-corrected chi connectivity index (χ2v) is 3.97. The van der Waals surface area contributed by atoms with Crippen LogP contribution in [0.25, 0.3) is 0 Å². The van der Waals surface area contributed by atoms with Crippen LogP contribution in [-0.2, 0) is 6.42 Å². The minimum atomic E-state index is -0.00313. The second kappa shape index (κ2) is 6.33. The Morgan fingerprint density at radius 3 is 2.81 bits per heavy atom. The normalized spacial score (nSPS) is 12.2. The van der Waals surface area contributed by atoms with Gasteiger partial charge in [-0.15, -0.1) is 6.58 Å². The molecule has 2 nitrogen and oxygen atoms in total. The SMILES string of the molecule is C=CCc1cccc(C(C)N)c1OCCC. The van der Waals surface area contributed by atoms with Gasteiger partial charge in [0.25, 0.3) is 0 Å². The fourth-order valence-electron chi connectivity index (χ4n) is 1.66. The predicted molar refractivity (Wildman–Crippen MR) is 68.7 cm³/mol. The van der Waals surface area contributed by atoms with Gasteiger partial charge in [-0.1, -0.05) is 31.2 Å². The zero-order chi connectivity index (χ0) is 12.0. The minimum absolute atomic E-state index is 0.00313. The Kier molecular flexibility index (Phi) is 5.06. The lowest BCUT2D eigenvalue weighted by Gasteiger charge is -2.17. The van der Waals surface area contributed by atoms with Crippen LogP contribution in [0.3, 0.4) is 0 Å². The van der Waals surface area contributed by atoms with E-state index in [9.17, 15) is 0 Å². The van der Waals surface area contributed by atoms with E-state index in [4.69, 9.17) is 10.5 Å². The molecule has 88 valence electrons. The third kappa shape index (κ3) is 3.11. The number of ether oxygens (including phenoxy) is 1. The Balaban J connectivity index is 3.06. The van der Waals surface area contributed by atoms with E-state index in [0.717, 1.165) is 30.8 Å². The molecule has 1 aromatic rings. The molecule has 16 heavy (non-hydrogen) atoms. The molecule has 1 rings (SSSR count). The molecule has 0 aromatic heterocycles. The lowest BCUT2D eigenvalue weighted by Crippen LogP contribution is -2.10. The zero-order valence-corrected chi connectivity index (χ0v) is 10.2. The Labute approximate surface area is 98.1 Å². The summed E-state index contributed by atoms with van der Waals surface area (Å²) in [6.45, 7) is 8.57. The number of hydrogen-bond donors (Lipinski definition) is 1. The van der Waals surface area contributed by atoms with Crippen LogP contribution in [0.1, 0.15) is 37.4 Å². The van der Waals surface area contributed by atoms with Crippen LogP contribution in [0.4, 0.5) is 0 Å². The number of allylic oxidation sites excluding steroid dienone is 1. The number of rotatable bonds is 6. The van der Waals surface area contributed by atoms with E-state index in [0.29, 0.717) is 0 Å². The van der Waals surface area contributed by atoms with Crippen molar-refractivity contribution in [2.24, 2.45) is 5.73 Å². The number of nitrogens with two attached hydrogens (primary N) is 1. The van der Waals surface area contributed by atoms with Crippen LogP contribution >= 0.6 is 0 Å². The molecule has 0 saturated heterocycles. The smallest absolute Gasteiger partial charge is 0.127 e. The Morgan fingerprint density at radius 2 is 2.25 bits per heavy atom. The van der Waals surface area contributed by atoms with E-state index >= 15 is 0 Å². The van der Waals surface area contributed by atoms with Crippen molar-refractivity contribution in [3.63, 3.8) is 0 Å². The summed E-state index contributed by atoms with van der Waals surface area (Å²) in [7, 11) is 0. The first kappa shape index (κ1) is 12.8. The summed E-state index contributed by atoms with van der Waals surface area (Å²) in [4.78, 5) is 0. The van der Waals surface area contributed by atoms with Crippen molar-refractivity contribution in [3.8, 4) is 5.75 Å². The van der Waals surface area contributed by atoms with Gasteiger partial charge in [0.05, 0.1) is 6.61 Å². The number of benzene rings is 1. The molecule has 0 radical (unpaired) electrons. The summed E-state index contributed by atoms with van der Waals surface area (Å²) in [6.07, 6.45) is 3.71. The Bertz CT molecular complexity index is 345. The fraction of sp³-hybridized carbons (Fsp3) is 0.429. The summed E-state index contributed by atoms with van der Waals surface area (Å²) < 4.78 is 5.80. The van der Waals surface area contributed by atoms with Crippen molar-refractivity contribution in [2.45, 2.75) is 32.7 Å². The zero-order valence-electron chi connectivity index (χ0n) is 10.2. The molecule has 0 aliphatic heterocycles. The Hall–Kier alpha value is -1.28. The molecular formula is C14H21NO. The molecule has 0 saturated carbocycles. The van der Waals surface area contributed by atoms with Gasteiger partial charge < -0.3 is 10.5 Å². The summed E-state index contributed by atoms with van der Waals surface area (Å²) in [6, 6.07) is 6.12. The first-order valence-corrected chi connectivity index (χ1v) is 5.81. The van der Waals surface area contributed by atoms with Gasteiger partial charge in [0.15, 0.2) is 0 Å². The molecule has 0 fully saturated rings. The predicted octanol–water partition coefficient (Wildman–Crippen LogP) is 3.22. The highest BCUT2D eigenvalue weighted by atomic mass is 16.5. The van der Waals surface area contributed by atoms with Gasteiger partial charge in [-0.05, 0) is 25.3 Å². The van der Waals surface area contributed by atoms with E-state index in [2.05, 4.69) is 19.6 Å². The van der Waals surface area contributed by atoms with Gasteiger partial charge in [0.1, 0.15) is 5.75 Å². The molecule has 0 aliphatic carbocycles. The lowest BCUT2D eigenvalue weighted by molar-refractivity contribution is 0.310. The van der Waals surface area contributed by atoms with Gasteiger partial charge in [0.2, 0.25) is 0 Å². The second-order valence-electron chi connectivity index (χ2n) is 3.97. The first-order chi connectivity index (χ1) is 7.70. The summed E-state index contributed by atoms with van der Waals surface area (Å²) in [5.74, 6) is 0.944. The molecule has 1 atom stereocenters. The summed E-state index contributed by atoms with van der Waals surface area (Å²) >= 11 is 0. The molecule has 1 aromatic carbocycles. The van der Waals surface area contributed by atoms with Crippen molar-refractivity contribution in [3.05, 3.63) is 42.0 Å². The van der Waals surface area contributed by atoms with Crippen LogP contribution in [0.15, 0.2) is 30.9 Å². The number of para-hydroxylation sites is 1. The molecule has 0 aliphatic rings. The van der Waals surface area contributed by atoms with E-state index in [1.54, 1.807) is 0 Å². The van der Waals surface area contributed by atoms with Gasteiger partial charge in [-0.3, -0.25) is 0 Å². The third-order valence-corrected chi connectivity index (χ3v) is 2.43. The maximum Gasteiger partial charge on any atom is 0.127 e. The van der Waals surface area contributed by atoms with E-state index in [1.165, 1.54) is 5.56 Å². The largest absolute Gasteiger partial charge is 0.493 e. The van der Waals surface area contributed by atoms with Crippen LogP contribution in [-0.4, -0.2) is 6.61 Å². The molecular weight excluding hydrogens is 198 g/mol. The van der Waals surface area contributed by atoms with Gasteiger partial charge >= 0.3 is 0 Å². The molecule has 0 amide bonds. The van der Waals surface area contributed by atoms with Gasteiger partial charge in [-0.2, -0.15) is 0 Å². The standard InChI is InChI=1S/C14H21NO/c1-4-7-12-8-6-9-13(11(3)15)14(12)16-10-5-2/h4,6,8-9,11H,1,5,7,10,15H2,2-3H3. The van der Waals surface area contributed by atoms with E-state index < -0.39 is 0 Å². The molecule has 2 N–H and O–H groups in total. The topological polar surface area (TPSA) is 35.2 Å². The van der Waals surface area contributed by atoms with Crippen molar-refractivity contribution in [1.29, 1.82) is 0 Å². The molecule has 0 spiro atoms. The van der Waals surface area contributed by atoms with Crippen LogP contribution in [0.5, 0.6) is 5.75 Å². The highest BCUT2D eigenvalue weighted by Crippen LogP contribution is 2.28. The van der Waals surface area contributed by atoms with Crippen LogP contribution in [0.2, 0.25) is 0 Å². The highest BCUT2D eigenvalue weighted by molar-refractivity contribution is 5.44. The molecule has 1 unspecified atom stereocenters.